The van der Waals surface area contributed by atoms with Crippen molar-refractivity contribution in [1.29, 1.82) is 0 Å². The SMILES string of the molecule is C=C(N)Nc1ccc(-c2ccc(-c3ccc(NC(=C)N)cn3)cc2)nc1. The number of aromatic nitrogens is 2. The topological polar surface area (TPSA) is 102 Å². The van der Waals surface area contributed by atoms with Crippen LogP contribution in [0.1, 0.15) is 0 Å². The van der Waals surface area contributed by atoms with Gasteiger partial charge in [0.2, 0.25) is 0 Å². The lowest BCUT2D eigenvalue weighted by Crippen LogP contribution is -2.06. The number of nitrogens with zero attached hydrogens (tertiary/aromatic N) is 2. The highest BCUT2D eigenvalue weighted by molar-refractivity contribution is 5.68. The van der Waals surface area contributed by atoms with Gasteiger partial charge in [0.25, 0.3) is 0 Å². The Hall–Kier alpha value is -3.80. The van der Waals surface area contributed by atoms with E-state index in [0.29, 0.717) is 11.6 Å². The lowest BCUT2D eigenvalue weighted by molar-refractivity contribution is 1.27. The maximum absolute atomic E-state index is 5.52. The van der Waals surface area contributed by atoms with E-state index >= 15 is 0 Å². The van der Waals surface area contributed by atoms with Crippen LogP contribution in [0.3, 0.4) is 0 Å². The van der Waals surface area contributed by atoms with Crippen molar-refractivity contribution in [3.05, 3.63) is 85.7 Å². The normalized spacial score (nSPS) is 10.2. The van der Waals surface area contributed by atoms with Crippen LogP contribution in [0.4, 0.5) is 11.4 Å². The molecule has 1 aromatic carbocycles. The van der Waals surface area contributed by atoms with Crippen molar-refractivity contribution in [3.63, 3.8) is 0 Å². The van der Waals surface area contributed by atoms with Crippen LogP contribution in [0.25, 0.3) is 22.5 Å². The molecule has 0 aliphatic carbocycles. The number of nitrogens with two attached hydrogens (primary N) is 2. The molecule has 0 atom stereocenters. The molecule has 3 rings (SSSR count). The zero-order valence-corrected chi connectivity index (χ0v) is 14.2. The molecule has 0 spiro atoms. The van der Waals surface area contributed by atoms with E-state index in [-0.39, 0.29) is 0 Å². The molecule has 2 aromatic heterocycles. The highest BCUT2D eigenvalue weighted by Gasteiger charge is 2.03. The van der Waals surface area contributed by atoms with E-state index in [1.807, 2.05) is 48.5 Å². The first-order chi connectivity index (χ1) is 12.5. The molecule has 130 valence electrons. The minimum atomic E-state index is 0.383. The van der Waals surface area contributed by atoms with Gasteiger partial charge in [-0.05, 0) is 24.3 Å². The maximum atomic E-state index is 5.52. The van der Waals surface area contributed by atoms with E-state index < -0.39 is 0 Å². The molecule has 0 amide bonds. The molecular formula is C20H20N6. The number of rotatable bonds is 6. The molecule has 0 aliphatic heterocycles. The summed E-state index contributed by atoms with van der Waals surface area (Å²) in [5, 5.41) is 5.85. The zero-order valence-electron chi connectivity index (χ0n) is 14.2. The molecule has 0 unspecified atom stereocenters. The van der Waals surface area contributed by atoms with Crippen LogP contribution in [0.2, 0.25) is 0 Å². The van der Waals surface area contributed by atoms with Gasteiger partial charge in [-0.25, -0.2) is 0 Å². The third-order valence-electron chi connectivity index (χ3n) is 3.61. The molecule has 6 N–H and O–H groups in total. The van der Waals surface area contributed by atoms with E-state index in [4.69, 9.17) is 11.5 Å². The first kappa shape index (κ1) is 17.0. The fraction of sp³-hybridized carbons (Fsp3) is 0. The van der Waals surface area contributed by atoms with E-state index in [0.717, 1.165) is 33.9 Å². The quantitative estimate of drug-likeness (QED) is 0.546. The van der Waals surface area contributed by atoms with Crippen LogP contribution < -0.4 is 22.1 Å². The van der Waals surface area contributed by atoms with Gasteiger partial charge in [-0.3, -0.25) is 9.97 Å². The molecule has 6 nitrogen and oxygen atoms in total. The van der Waals surface area contributed by atoms with Gasteiger partial charge in [0.1, 0.15) is 0 Å². The van der Waals surface area contributed by atoms with Crippen molar-refractivity contribution in [3.8, 4) is 22.5 Å². The van der Waals surface area contributed by atoms with Crippen LogP contribution in [0.15, 0.2) is 85.7 Å². The van der Waals surface area contributed by atoms with Crippen molar-refractivity contribution in [2.24, 2.45) is 11.5 Å². The summed E-state index contributed by atoms with van der Waals surface area (Å²) in [6, 6.07) is 15.7. The van der Waals surface area contributed by atoms with Gasteiger partial charge in [0, 0.05) is 11.1 Å². The van der Waals surface area contributed by atoms with Gasteiger partial charge in [-0.15, -0.1) is 0 Å². The van der Waals surface area contributed by atoms with Crippen molar-refractivity contribution >= 4 is 11.4 Å². The Kier molecular flexibility index (Phi) is 4.85. The number of pyridine rings is 2. The van der Waals surface area contributed by atoms with E-state index in [1.54, 1.807) is 12.4 Å². The van der Waals surface area contributed by atoms with Crippen LogP contribution in [-0.2, 0) is 0 Å². The van der Waals surface area contributed by atoms with Gasteiger partial charge in [-0.1, -0.05) is 37.4 Å². The van der Waals surface area contributed by atoms with Crippen LogP contribution >= 0.6 is 0 Å². The zero-order chi connectivity index (χ0) is 18.5. The van der Waals surface area contributed by atoms with Crippen molar-refractivity contribution < 1.29 is 0 Å². The van der Waals surface area contributed by atoms with Crippen molar-refractivity contribution in [2.75, 3.05) is 10.6 Å². The molecule has 3 aromatic rings. The maximum Gasteiger partial charge on any atom is 0.0931 e. The molecule has 0 radical (unpaired) electrons. The molecule has 0 fully saturated rings. The number of benzene rings is 1. The Balaban J connectivity index is 1.75. The van der Waals surface area contributed by atoms with Gasteiger partial charge < -0.3 is 22.1 Å². The number of hydrogen-bond acceptors (Lipinski definition) is 6. The number of hydrogen-bond donors (Lipinski definition) is 4. The second-order valence-corrected chi connectivity index (χ2v) is 5.74. The van der Waals surface area contributed by atoms with Gasteiger partial charge in [-0.2, -0.15) is 0 Å². The first-order valence-corrected chi connectivity index (χ1v) is 7.97. The van der Waals surface area contributed by atoms with Gasteiger partial charge >= 0.3 is 0 Å². The molecule has 6 heteroatoms. The van der Waals surface area contributed by atoms with E-state index in [1.165, 1.54) is 0 Å². The Morgan fingerprint density at radius 1 is 0.654 bits per heavy atom. The number of anilines is 2. The highest BCUT2D eigenvalue weighted by atomic mass is 15.0. The fourth-order valence-electron chi connectivity index (χ4n) is 2.46. The average Bonchev–Trinajstić information content (AvgIpc) is 2.62. The van der Waals surface area contributed by atoms with E-state index in [2.05, 4.69) is 33.8 Å². The predicted molar refractivity (Wildman–Crippen MR) is 107 cm³/mol. The standard InChI is InChI=1S/C20H20N6/c1-13(21)25-17-7-9-19(23-11-17)15-3-5-16(6-4-15)20-10-8-18(12-24-20)26-14(2)22/h3-12,25-26H,1-2,21-22H2. The lowest BCUT2D eigenvalue weighted by atomic mass is 10.1. The summed E-state index contributed by atoms with van der Waals surface area (Å²) in [6.07, 6.45) is 3.44. The summed E-state index contributed by atoms with van der Waals surface area (Å²) in [5.74, 6) is 0.766. The fourth-order valence-corrected chi connectivity index (χ4v) is 2.46. The third-order valence-corrected chi connectivity index (χ3v) is 3.61. The Labute approximate surface area is 152 Å². The molecular weight excluding hydrogens is 324 g/mol. The molecule has 0 saturated heterocycles. The lowest BCUT2D eigenvalue weighted by Gasteiger charge is -2.08. The molecule has 0 bridgehead atoms. The monoisotopic (exact) mass is 344 g/mol. The first-order valence-electron chi connectivity index (χ1n) is 7.97. The summed E-state index contributed by atoms with van der Waals surface area (Å²) in [5.41, 5.74) is 16.4. The number of nitrogens with one attached hydrogen (secondary N) is 2. The second kappa shape index (κ2) is 7.40. The van der Waals surface area contributed by atoms with Gasteiger partial charge in [0.05, 0.1) is 46.8 Å². The van der Waals surface area contributed by atoms with Gasteiger partial charge in [0.15, 0.2) is 0 Å². The third kappa shape index (κ3) is 4.18. The summed E-state index contributed by atoms with van der Waals surface area (Å²) >= 11 is 0. The van der Waals surface area contributed by atoms with Crippen molar-refractivity contribution in [2.45, 2.75) is 0 Å². The molecule has 2 heterocycles. The smallest absolute Gasteiger partial charge is 0.0931 e. The summed E-state index contributed by atoms with van der Waals surface area (Å²) < 4.78 is 0. The predicted octanol–water partition coefficient (Wildman–Crippen LogP) is 3.49. The molecule has 26 heavy (non-hydrogen) atoms. The minimum Gasteiger partial charge on any atom is -0.386 e. The summed E-state index contributed by atoms with van der Waals surface area (Å²) in [6.45, 7) is 7.21. The molecule has 0 saturated carbocycles. The Morgan fingerprint density at radius 2 is 1.04 bits per heavy atom. The molecule has 0 aliphatic rings. The Morgan fingerprint density at radius 3 is 1.31 bits per heavy atom. The average molecular weight is 344 g/mol. The second-order valence-electron chi connectivity index (χ2n) is 5.74. The highest BCUT2D eigenvalue weighted by Crippen LogP contribution is 2.24. The van der Waals surface area contributed by atoms with Crippen LogP contribution in [-0.4, -0.2) is 9.97 Å². The largest absolute Gasteiger partial charge is 0.386 e. The van der Waals surface area contributed by atoms with E-state index in [9.17, 15) is 0 Å². The van der Waals surface area contributed by atoms with Crippen molar-refractivity contribution in [1.82, 2.24) is 9.97 Å². The Bertz CT molecular complexity index is 834. The summed E-state index contributed by atoms with van der Waals surface area (Å²) in [7, 11) is 0. The summed E-state index contributed by atoms with van der Waals surface area (Å²) in [4.78, 5) is 8.88. The van der Waals surface area contributed by atoms with Crippen LogP contribution in [0, 0.1) is 0 Å². The van der Waals surface area contributed by atoms with Crippen LogP contribution in [0.5, 0.6) is 0 Å². The minimum absolute atomic E-state index is 0.383.